The first-order valence-corrected chi connectivity index (χ1v) is 10.7. The van der Waals surface area contributed by atoms with Crippen LogP contribution in [-0.4, -0.2) is 29.4 Å². The number of ketones is 1. The molecule has 1 aliphatic rings. The first kappa shape index (κ1) is 22.0. The second-order valence-corrected chi connectivity index (χ2v) is 8.18. The molecule has 0 atom stereocenters. The lowest BCUT2D eigenvalue weighted by Crippen LogP contribution is -2.24. The van der Waals surface area contributed by atoms with Gasteiger partial charge in [0.25, 0.3) is 11.6 Å². The Kier molecular flexibility index (Phi) is 6.05. The van der Waals surface area contributed by atoms with Gasteiger partial charge in [0.1, 0.15) is 11.5 Å². The zero-order chi connectivity index (χ0) is 23.5. The topological polar surface area (TPSA) is 149 Å². The van der Waals surface area contributed by atoms with Crippen LogP contribution in [0.1, 0.15) is 27.2 Å². The molecule has 0 unspecified atom stereocenters. The number of nitrogens with two attached hydrogens (primary N) is 1. The van der Waals surface area contributed by atoms with Crippen molar-refractivity contribution >= 4 is 50.8 Å². The quantitative estimate of drug-likeness (QED) is 0.370. The van der Waals surface area contributed by atoms with Crippen LogP contribution in [0.4, 0.5) is 22.1 Å². The number of Topliss-reactive ketones (excluding diaryl/α,β-unsaturated/α-hetero) is 1. The highest BCUT2D eigenvalue weighted by Crippen LogP contribution is 2.36. The lowest BCUT2D eigenvalue weighted by atomic mass is 9.93. The number of nitro groups is 1. The van der Waals surface area contributed by atoms with Gasteiger partial charge in [0, 0.05) is 24.2 Å². The van der Waals surface area contributed by atoms with E-state index in [9.17, 15) is 19.7 Å². The number of ether oxygens (including phenoxy) is 1. The molecule has 0 aliphatic heterocycles. The van der Waals surface area contributed by atoms with Crippen LogP contribution < -0.4 is 21.2 Å². The number of benzene rings is 2. The normalized spacial score (nSPS) is 14.0. The molecule has 1 aromatic heterocycles. The van der Waals surface area contributed by atoms with Crippen LogP contribution in [0.15, 0.2) is 53.6 Å². The number of nitro benzene ring substituents is 1. The third-order valence-corrected chi connectivity index (χ3v) is 6.13. The Balaban J connectivity index is 1.59. The smallest absolute Gasteiger partial charge is 0.269 e. The lowest BCUT2D eigenvalue weighted by Gasteiger charge is -2.15. The lowest BCUT2D eigenvalue weighted by molar-refractivity contribution is -0.384. The van der Waals surface area contributed by atoms with E-state index in [0.717, 1.165) is 11.3 Å². The average molecular weight is 465 g/mol. The van der Waals surface area contributed by atoms with Crippen molar-refractivity contribution in [1.82, 2.24) is 0 Å². The third-order valence-electron chi connectivity index (χ3n) is 5.07. The third kappa shape index (κ3) is 4.53. The molecule has 168 valence electrons. The van der Waals surface area contributed by atoms with E-state index in [1.54, 1.807) is 31.4 Å². The minimum absolute atomic E-state index is 0.0795. The second kappa shape index (κ2) is 9.09. The molecule has 1 heterocycles. The van der Waals surface area contributed by atoms with E-state index < -0.39 is 10.8 Å². The largest absolute Gasteiger partial charge is 0.497 e. The minimum atomic E-state index is -0.517. The number of carbonyl (C=O) groups excluding carboxylic acids is 2. The van der Waals surface area contributed by atoms with Gasteiger partial charge in [-0.15, -0.1) is 11.3 Å². The van der Waals surface area contributed by atoms with Crippen LogP contribution in [-0.2, 0) is 11.2 Å². The second-order valence-electron chi connectivity index (χ2n) is 7.13. The number of hydrogen-bond donors (Lipinski definition) is 3. The van der Waals surface area contributed by atoms with Gasteiger partial charge in [-0.25, -0.2) is 0 Å². The highest BCUT2D eigenvalue weighted by atomic mass is 32.1. The Morgan fingerprint density at radius 1 is 1.12 bits per heavy atom. The van der Waals surface area contributed by atoms with E-state index >= 15 is 0 Å². The fourth-order valence-corrected chi connectivity index (χ4v) is 4.53. The van der Waals surface area contributed by atoms with Gasteiger partial charge in [-0.05, 0) is 48.4 Å². The van der Waals surface area contributed by atoms with Gasteiger partial charge in [0.2, 0.25) is 0 Å². The predicted molar refractivity (Wildman–Crippen MR) is 126 cm³/mol. The number of nitrogens with one attached hydrogen (secondary N) is 2. The van der Waals surface area contributed by atoms with Gasteiger partial charge in [0.15, 0.2) is 5.78 Å². The van der Waals surface area contributed by atoms with Gasteiger partial charge < -0.3 is 15.8 Å². The van der Waals surface area contributed by atoms with Crippen molar-refractivity contribution in [1.29, 1.82) is 0 Å². The molecule has 0 saturated heterocycles. The summed E-state index contributed by atoms with van der Waals surface area (Å²) in [7, 11) is 1.57. The van der Waals surface area contributed by atoms with Crippen LogP contribution in [0.3, 0.4) is 0 Å². The summed E-state index contributed by atoms with van der Waals surface area (Å²) < 4.78 is 5.13. The predicted octanol–water partition coefficient (Wildman–Crippen LogP) is 3.83. The number of amides is 1. The van der Waals surface area contributed by atoms with Gasteiger partial charge in [-0.2, -0.15) is 5.10 Å². The minimum Gasteiger partial charge on any atom is -0.497 e. The summed E-state index contributed by atoms with van der Waals surface area (Å²) >= 11 is 1.13. The number of fused-ring (bicyclic) bond motifs is 1. The number of anilines is 3. The average Bonchev–Trinajstić information content (AvgIpc) is 3.15. The number of thiophene rings is 1. The number of methoxy groups -OCH3 is 1. The number of nitrogens with zero attached hydrogens (tertiary/aromatic N) is 2. The Morgan fingerprint density at radius 3 is 2.42 bits per heavy atom. The molecule has 4 N–H and O–H groups in total. The number of nitrogen functional groups attached to an aromatic ring is 1. The van der Waals surface area contributed by atoms with Crippen LogP contribution in [0.25, 0.3) is 0 Å². The molecule has 3 aromatic rings. The number of rotatable bonds is 6. The van der Waals surface area contributed by atoms with Crippen molar-refractivity contribution in [2.75, 3.05) is 23.6 Å². The van der Waals surface area contributed by atoms with E-state index in [0.29, 0.717) is 34.0 Å². The molecule has 2 aromatic carbocycles. The molecular formula is C22H19N5O5S. The molecule has 0 radical (unpaired) electrons. The van der Waals surface area contributed by atoms with Crippen LogP contribution in [0, 0.1) is 10.1 Å². The first-order valence-electron chi connectivity index (χ1n) is 9.85. The zero-order valence-corrected chi connectivity index (χ0v) is 18.3. The summed E-state index contributed by atoms with van der Waals surface area (Å²) in [5.74, 6) is 0.0988. The fraction of sp³-hybridized carbons (Fsp3) is 0.136. The van der Waals surface area contributed by atoms with Crippen LogP contribution in [0.5, 0.6) is 5.75 Å². The van der Waals surface area contributed by atoms with E-state index in [4.69, 9.17) is 10.5 Å². The monoisotopic (exact) mass is 465 g/mol. The van der Waals surface area contributed by atoms with E-state index in [1.165, 1.54) is 24.3 Å². The standard InChI is InChI=1S/C22H19N5O5S/c1-32-15-8-4-13(5-9-15)25-26-19-17(28)11-10-16-18(21(23)33-20(16)19)22(29)24-12-2-6-14(7-3-12)27(30)31/h2-9,25H,10-11,23H2,1H3,(H,24,29). The van der Waals surface area contributed by atoms with Crippen molar-refractivity contribution < 1.29 is 19.2 Å². The zero-order valence-electron chi connectivity index (χ0n) is 17.5. The Hall–Kier alpha value is -4.25. The van der Waals surface area contributed by atoms with Crippen LogP contribution >= 0.6 is 11.3 Å². The number of non-ortho nitro benzene ring substituents is 1. The Morgan fingerprint density at radius 2 is 1.79 bits per heavy atom. The van der Waals surface area contributed by atoms with Gasteiger partial charge >= 0.3 is 0 Å². The summed E-state index contributed by atoms with van der Waals surface area (Å²) in [6.07, 6.45) is 0.566. The highest BCUT2D eigenvalue weighted by molar-refractivity contribution is 7.19. The molecule has 4 rings (SSSR count). The maximum Gasteiger partial charge on any atom is 0.269 e. The van der Waals surface area contributed by atoms with Crippen molar-refractivity contribution in [3.8, 4) is 5.75 Å². The summed E-state index contributed by atoms with van der Waals surface area (Å²) in [5.41, 5.74) is 11.2. The molecular weight excluding hydrogens is 446 g/mol. The van der Waals surface area contributed by atoms with E-state index in [1.807, 2.05) is 0 Å². The van der Waals surface area contributed by atoms with Gasteiger partial charge in [-0.3, -0.25) is 25.1 Å². The van der Waals surface area contributed by atoms with Crippen molar-refractivity contribution in [2.24, 2.45) is 5.10 Å². The van der Waals surface area contributed by atoms with Gasteiger partial charge in [0.05, 0.1) is 33.2 Å². The summed E-state index contributed by atoms with van der Waals surface area (Å²) in [5, 5.41) is 18.1. The van der Waals surface area contributed by atoms with Crippen molar-refractivity contribution in [3.63, 3.8) is 0 Å². The summed E-state index contributed by atoms with van der Waals surface area (Å²) in [4.78, 5) is 36.4. The number of carbonyl (C=O) groups is 2. The molecule has 0 saturated carbocycles. The van der Waals surface area contributed by atoms with Crippen molar-refractivity contribution in [3.05, 3.63) is 74.6 Å². The molecule has 0 fully saturated rings. The Labute approximate surface area is 192 Å². The fourth-order valence-electron chi connectivity index (χ4n) is 3.41. The molecule has 11 heteroatoms. The molecule has 1 amide bonds. The Bertz CT molecular complexity index is 1270. The van der Waals surface area contributed by atoms with Crippen LogP contribution in [0.2, 0.25) is 0 Å². The van der Waals surface area contributed by atoms with E-state index in [2.05, 4.69) is 15.8 Å². The summed E-state index contributed by atoms with van der Waals surface area (Å²) in [6, 6.07) is 12.6. The first-order chi connectivity index (χ1) is 15.9. The summed E-state index contributed by atoms with van der Waals surface area (Å²) in [6.45, 7) is 0. The highest BCUT2D eigenvalue weighted by Gasteiger charge is 2.32. The van der Waals surface area contributed by atoms with Gasteiger partial charge in [-0.1, -0.05) is 0 Å². The molecule has 10 nitrogen and oxygen atoms in total. The molecule has 1 aliphatic carbocycles. The molecule has 0 spiro atoms. The maximum absolute atomic E-state index is 12.9. The maximum atomic E-state index is 12.9. The molecule has 0 bridgehead atoms. The molecule has 33 heavy (non-hydrogen) atoms. The number of hydrogen-bond acceptors (Lipinski definition) is 9. The SMILES string of the molecule is COc1ccc(NN=C2C(=O)CCc3c2sc(N)c3C(=O)Nc2ccc([N+](=O)[O-])cc2)cc1. The van der Waals surface area contributed by atoms with Crippen molar-refractivity contribution in [2.45, 2.75) is 12.8 Å². The van der Waals surface area contributed by atoms with E-state index in [-0.39, 0.29) is 34.2 Å². The number of hydrazone groups is 1.